The Morgan fingerprint density at radius 1 is 1.43 bits per heavy atom. The van der Waals surface area contributed by atoms with Gasteiger partial charge in [0.2, 0.25) is 10.0 Å². The van der Waals surface area contributed by atoms with E-state index in [-0.39, 0.29) is 11.4 Å². The SMILES string of the molecule is COc1cc(S(=O)(=O)N(C)Cc2cnn(C)c2)ccc1N. The fraction of sp³-hybridized carbons (Fsp3) is 0.308. The fourth-order valence-electron chi connectivity index (χ4n) is 1.93. The highest BCUT2D eigenvalue weighted by atomic mass is 32.2. The van der Waals surface area contributed by atoms with Gasteiger partial charge >= 0.3 is 0 Å². The molecule has 8 heteroatoms. The molecule has 0 aliphatic carbocycles. The number of hydrogen-bond acceptors (Lipinski definition) is 5. The minimum absolute atomic E-state index is 0.139. The lowest BCUT2D eigenvalue weighted by atomic mass is 10.3. The van der Waals surface area contributed by atoms with Crippen molar-refractivity contribution in [3.05, 3.63) is 36.2 Å². The highest BCUT2D eigenvalue weighted by Gasteiger charge is 2.22. The number of hydrogen-bond donors (Lipinski definition) is 1. The normalized spacial score (nSPS) is 11.8. The second-order valence-corrected chi connectivity index (χ2v) is 6.73. The third-order valence-electron chi connectivity index (χ3n) is 3.08. The number of nitrogen functional groups attached to an aromatic ring is 1. The largest absolute Gasteiger partial charge is 0.495 e. The first-order chi connectivity index (χ1) is 9.84. The number of aromatic nitrogens is 2. The van der Waals surface area contributed by atoms with Crippen molar-refractivity contribution in [2.75, 3.05) is 19.9 Å². The van der Waals surface area contributed by atoms with Crippen molar-refractivity contribution in [1.29, 1.82) is 0 Å². The van der Waals surface area contributed by atoms with Crippen molar-refractivity contribution in [1.82, 2.24) is 14.1 Å². The van der Waals surface area contributed by atoms with Gasteiger partial charge in [-0.25, -0.2) is 8.42 Å². The molecular formula is C13H18N4O3S. The predicted octanol–water partition coefficient (Wildman–Crippen LogP) is 0.832. The van der Waals surface area contributed by atoms with Gasteiger partial charge in [-0.05, 0) is 12.1 Å². The van der Waals surface area contributed by atoms with Crippen LogP contribution >= 0.6 is 0 Å². The summed E-state index contributed by atoms with van der Waals surface area (Å²) in [7, 11) is 1.13. The van der Waals surface area contributed by atoms with Crippen LogP contribution in [-0.4, -0.2) is 36.7 Å². The van der Waals surface area contributed by atoms with Gasteiger partial charge < -0.3 is 10.5 Å². The Labute approximate surface area is 124 Å². The molecule has 114 valence electrons. The third kappa shape index (κ3) is 3.17. The molecule has 1 aromatic heterocycles. The van der Waals surface area contributed by atoms with Crippen molar-refractivity contribution in [3.8, 4) is 5.75 Å². The molecule has 0 fully saturated rings. The molecule has 7 nitrogen and oxygen atoms in total. The molecule has 2 rings (SSSR count). The number of rotatable bonds is 5. The van der Waals surface area contributed by atoms with E-state index in [0.29, 0.717) is 11.4 Å². The van der Waals surface area contributed by atoms with Gasteiger partial charge in [0.1, 0.15) is 5.75 Å². The zero-order valence-electron chi connectivity index (χ0n) is 12.1. The first-order valence-corrected chi connectivity index (χ1v) is 7.66. The number of nitrogens with two attached hydrogens (primary N) is 1. The van der Waals surface area contributed by atoms with Gasteiger partial charge in [0.25, 0.3) is 0 Å². The summed E-state index contributed by atoms with van der Waals surface area (Å²) in [5, 5.41) is 4.02. The smallest absolute Gasteiger partial charge is 0.243 e. The quantitative estimate of drug-likeness (QED) is 0.826. The Hall–Kier alpha value is -2.06. The van der Waals surface area contributed by atoms with Gasteiger partial charge in [0.15, 0.2) is 0 Å². The molecule has 0 saturated heterocycles. The van der Waals surface area contributed by atoms with Gasteiger partial charge in [0, 0.05) is 38.5 Å². The number of nitrogens with zero attached hydrogens (tertiary/aromatic N) is 3. The number of aryl methyl sites for hydroxylation is 1. The Balaban J connectivity index is 2.28. The van der Waals surface area contributed by atoms with E-state index in [0.717, 1.165) is 5.56 Å². The van der Waals surface area contributed by atoms with Gasteiger partial charge in [0.05, 0.1) is 23.9 Å². The summed E-state index contributed by atoms with van der Waals surface area (Å²) in [6, 6.07) is 4.40. The summed E-state index contributed by atoms with van der Waals surface area (Å²) in [5.74, 6) is 0.339. The Morgan fingerprint density at radius 2 is 2.14 bits per heavy atom. The van der Waals surface area contributed by atoms with Crippen LogP contribution in [-0.2, 0) is 23.6 Å². The number of anilines is 1. The van der Waals surface area contributed by atoms with Crippen LogP contribution in [0.2, 0.25) is 0 Å². The van der Waals surface area contributed by atoms with Gasteiger partial charge in [-0.3, -0.25) is 4.68 Å². The van der Waals surface area contributed by atoms with Crippen LogP contribution in [0.25, 0.3) is 0 Å². The summed E-state index contributed by atoms with van der Waals surface area (Å²) in [4.78, 5) is 0.139. The maximum Gasteiger partial charge on any atom is 0.243 e. The van der Waals surface area contributed by atoms with Crippen molar-refractivity contribution in [2.45, 2.75) is 11.4 Å². The fourth-order valence-corrected chi connectivity index (χ4v) is 3.10. The minimum atomic E-state index is -3.62. The van der Waals surface area contributed by atoms with Gasteiger partial charge in [-0.15, -0.1) is 0 Å². The molecule has 1 aromatic carbocycles. The van der Waals surface area contributed by atoms with E-state index in [1.807, 2.05) is 0 Å². The van der Waals surface area contributed by atoms with Crippen molar-refractivity contribution < 1.29 is 13.2 Å². The monoisotopic (exact) mass is 310 g/mol. The maximum atomic E-state index is 12.5. The highest BCUT2D eigenvalue weighted by Crippen LogP contribution is 2.26. The second kappa shape index (κ2) is 5.74. The van der Waals surface area contributed by atoms with E-state index in [4.69, 9.17) is 10.5 Å². The molecule has 0 radical (unpaired) electrons. The average molecular weight is 310 g/mol. The van der Waals surface area contributed by atoms with E-state index in [1.54, 1.807) is 24.1 Å². The molecular weight excluding hydrogens is 292 g/mol. The lowest BCUT2D eigenvalue weighted by Gasteiger charge is -2.17. The molecule has 0 atom stereocenters. The molecule has 0 saturated carbocycles. The first kappa shape index (κ1) is 15.3. The Bertz CT molecular complexity index is 740. The topological polar surface area (TPSA) is 90.5 Å². The van der Waals surface area contributed by atoms with Gasteiger partial charge in [-0.2, -0.15) is 9.40 Å². The highest BCUT2D eigenvalue weighted by molar-refractivity contribution is 7.89. The van der Waals surface area contributed by atoms with Crippen LogP contribution in [0, 0.1) is 0 Å². The van der Waals surface area contributed by atoms with Crippen LogP contribution < -0.4 is 10.5 Å². The molecule has 0 unspecified atom stereocenters. The summed E-state index contributed by atoms with van der Waals surface area (Å²) in [5.41, 5.74) is 6.91. The van der Waals surface area contributed by atoms with Crippen LogP contribution in [0.3, 0.4) is 0 Å². The standard InChI is InChI=1S/C13H18N4O3S/c1-16-8-10(7-15-16)9-17(2)21(18,19)11-4-5-12(14)13(6-11)20-3/h4-8H,9,14H2,1-3H3. The van der Waals surface area contributed by atoms with Crippen molar-refractivity contribution in [3.63, 3.8) is 0 Å². The number of ether oxygens (including phenoxy) is 1. The predicted molar refractivity (Wildman–Crippen MR) is 79.3 cm³/mol. The van der Waals surface area contributed by atoms with Gasteiger partial charge in [-0.1, -0.05) is 0 Å². The van der Waals surface area contributed by atoms with Crippen LogP contribution in [0.5, 0.6) is 5.75 Å². The van der Waals surface area contributed by atoms with Crippen LogP contribution in [0.15, 0.2) is 35.5 Å². The Morgan fingerprint density at radius 3 is 2.71 bits per heavy atom. The molecule has 0 aliphatic rings. The van der Waals surface area contributed by atoms with E-state index in [2.05, 4.69) is 5.10 Å². The zero-order valence-corrected chi connectivity index (χ0v) is 13.0. The van der Waals surface area contributed by atoms with Crippen molar-refractivity contribution in [2.24, 2.45) is 7.05 Å². The molecule has 0 aliphatic heterocycles. The molecule has 0 spiro atoms. The van der Waals surface area contributed by atoms with Crippen LogP contribution in [0.4, 0.5) is 5.69 Å². The maximum absolute atomic E-state index is 12.5. The molecule has 1 heterocycles. The number of methoxy groups -OCH3 is 1. The molecule has 0 amide bonds. The molecule has 2 N–H and O–H groups in total. The molecule has 0 bridgehead atoms. The summed E-state index contributed by atoms with van der Waals surface area (Å²) < 4.78 is 33.0. The molecule has 21 heavy (non-hydrogen) atoms. The second-order valence-electron chi connectivity index (χ2n) is 4.69. The van der Waals surface area contributed by atoms with E-state index in [1.165, 1.54) is 36.7 Å². The summed E-state index contributed by atoms with van der Waals surface area (Å²) in [6.45, 7) is 0.239. The third-order valence-corrected chi connectivity index (χ3v) is 4.88. The number of benzene rings is 1. The van der Waals surface area contributed by atoms with E-state index in [9.17, 15) is 8.42 Å². The minimum Gasteiger partial charge on any atom is -0.495 e. The average Bonchev–Trinajstić information content (AvgIpc) is 2.84. The van der Waals surface area contributed by atoms with E-state index >= 15 is 0 Å². The van der Waals surface area contributed by atoms with Crippen molar-refractivity contribution >= 4 is 15.7 Å². The molecule has 2 aromatic rings. The summed E-state index contributed by atoms with van der Waals surface area (Å²) >= 11 is 0. The zero-order chi connectivity index (χ0) is 15.6. The van der Waals surface area contributed by atoms with Crippen LogP contribution in [0.1, 0.15) is 5.56 Å². The first-order valence-electron chi connectivity index (χ1n) is 6.22. The summed E-state index contributed by atoms with van der Waals surface area (Å²) in [6.07, 6.45) is 3.41. The lowest BCUT2D eigenvalue weighted by molar-refractivity contribution is 0.414. The Kier molecular flexibility index (Phi) is 4.19. The lowest BCUT2D eigenvalue weighted by Crippen LogP contribution is -2.26. The van der Waals surface area contributed by atoms with E-state index < -0.39 is 10.0 Å². The number of sulfonamides is 1.